The third kappa shape index (κ3) is 1.03. The zero-order valence-corrected chi connectivity index (χ0v) is 8.57. The van der Waals surface area contributed by atoms with E-state index in [2.05, 4.69) is 30.9 Å². The maximum Gasteiger partial charge on any atom is 0.143 e. The fourth-order valence-corrected chi connectivity index (χ4v) is 1.89. The van der Waals surface area contributed by atoms with Crippen LogP contribution in [-0.4, -0.2) is 15.0 Å². The molecule has 0 saturated carbocycles. The predicted octanol–water partition coefficient (Wildman–Crippen LogP) is 2.68. The summed E-state index contributed by atoms with van der Waals surface area (Å²) < 4.78 is 0.933. The molecular formula is C7H5BrClN3. The maximum absolute atomic E-state index is 5.87. The summed E-state index contributed by atoms with van der Waals surface area (Å²) in [6.45, 7) is 1.95. The molecular weight excluding hydrogens is 241 g/mol. The quantitative estimate of drug-likeness (QED) is 0.726. The number of nitrogens with zero attached hydrogens (tertiary/aromatic N) is 2. The molecule has 2 aromatic heterocycles. The number of fused-ring (bicyclic) bond motifs is 1. The van der Waals surface area contributed by atoms with Gasteiger partial charge in [-0.3, -0.25) is 0 Å². The molecule has 0 aliphatic carbocycles. The van der Waals surface area contributed by atoms with Crippen LogP contribution in [0.25, 0.3) is 11.0 Å². The van der Waals surface area contributed by atoms with Crippen molar-refractivity contribution in [2.45, 2.75) is 6.92 Å². The van der Waals surface area contributed by atoms with Crippen LogP contribution >= 0.6 is 27.5 Å². The summed E-state index contributed by atoms with van der Waals surface area (Å²) in [4.78, 5) is 11.0. The van der Waals surface area contributed by atoms with Crippen LogP contribution in [-0.2, 0) is 0 Å². The van der Waals surface area contributed by atoms with Gasteiger partial charge >= 0.3 is 0 Å². The second-order valence-electron chi connectivity index (χ2n) is 2.45. The standard InChI is InChI=1S/C7H5BrClN3/c1-3-5(8)4-6(9)10-2-11-7(4)12-3/h2H,1H3,(H,10,11,12). The number of aryl methyl sites for hydroxylation is 1. The molecule has 2 heterocycles. The highest BCUT2D eigenvalue weighted by Crippen LogP contribution is 2.30. The average Bonchev–Trinajstić information content (AvgIpc) is 2.29. The summed E-state index contributed by atoms with van der Waals surface area (Å²) in [5.41, 5.74) is 1.77. The van der Waals surface area contributed by atoms with Gasteiger partial charge < -0.3 is 4.98 Å². The number of H-pyrrole nitrogens is 1. The third-order valence-electron chi connectivity index (χ3n) is 1.66. The Morgan fingerprint density at radius 1 is 1.50 bits per heavy atom. The molecule has 0 bridgehead atoms. The van der Waals surface area contributed by atoms with E-state index in [1.807, 2.05) is 6.92 Å². The van der Waals surface area contributed by atoms with E-state index in [0.29, 0.717) is 5.15 Å². The lowest BCUT2D eigenvalue weighted by atomic mass is 10.4. The largest absolute Gasteiger partial charge is 0.342 e. The summed E-state index contributed by atoms with van der Waals surface area (Å²) in [7, 11) is 0. The van der Waals surface area contributed by atoms with Crippen molar-refractivity contribution >= 4 is 38.6 Å². The van der Waals surface area contributed by atoms with Gasteiger partial charge in [0.25, 0.3) is 0 Å². The van der Waals surface area contributed by atoms with Crippen LogP contribution in [0.15, 0.2) is 10.8 Å². The Hall–Kier alpha value is -0.610. The highest BCUT2D eigenvalue weighted by molar-refractivity contribution is 9.10. The zero-order valence-electron chi connectivity index (χ0n) is 6.23. The van der Waals surface area contributed by atoms with Crippen molar-refractivity contribution in [3.05, 3.63) is 21.6 Å². The molecule has 2 aromatic rings. The van der Waals surface area contributed by atoms with E-state index in [9.17, 15) is 0 Å². The predicted molar refractivity (Wildman–Crippen MR) is 51.3 cm³/mol. The smallest absolute Gasteiger partial charge is 0.143 e. The van der Waals surface area contributed by atoms with E-state index in [1.54, 1.807) is 0 Å². The molecule has 3 nitrogen and oxygen atoms in total. The normalized spacial score (nSPS) is 10.9. The molecule has 0 aliphatic heterocycles. The summed E-state index contributed by atoms with van der Waals surface area (Å²) in [6.07, 6.45) is 1.44. The van der Waals surface area contributed by atoms with Gasteiger partial charge in [-0.25, -0.2) is 9.97 Å². The SMILES string of the molecule is Cc1[nH]c2ncnc(Cl)c2c1Br. The molecule has 0 saturated heterocycles. The van der Waals surface area contributed by atoms with Gasteiger partial charge in [0.15, 0.2) is 0 Å². The van der Waals surface area contributed by atoms with Crippen LogP contribution in [0.4, 0.5) is 0 Å². The van der Waals surface area contributed by atoms with Crippen LogP contribution in [0.1, 0.15) is 5.69 Å². The van der Waals surface area contributed by atoms with Gasteiger partial charge in [0.2, 0.25) is 0 Å². The lowest BCUT2D eigenvalue weighted by molar-refractivity contribution is 1.18. The summed E-state index contributed by atoms with van der Waals surface area (Å²) in [5.74, 6) is 0. The van der Waals surface area contributed by atoms with E-state index < -0.39 is 0 Å². The van der Waals surface area contributed by atoms with Crippen LogP contribution in [0.2, 0.25) is 5.15 Å². The number of rotatable bonds is 0. The molecule has 2 rings (SSSR count). The van der Waals surface area contributed by atoms with Crippen molar-refractivity contribution < 1.29 is 0 Å². The second-order valence-corrected chi connectivity index (χ2v) is 3.60. The summed E-state index contributed by atoms with van der Waals surface area (Å²) in [6, 6.07) is 0. The monoisotopic (exact) mass is 245 g/mol. The number of aromatic amines is 1. The lowest BCUT2D eigenvalue weighted by Crippen LogP contribution is -1.80. The Kier molecular flexibility index (Phi) is 1.81. The summed E-state index contributed by atoms with van der Waals surface area (Å²) >= 11 is 9.28. The number of hydrogen-bond acceptors (Lipinski definition) is 2. The number of hydrogen-bond donors (Lipinski definition) is 1. The summed E-state index contributed by atoms with van der Waals surface area (Å²) in [5, 5.41) is 1.31. The van der Waals surface area contributed by atoms with Crippen molar-refractivity contribution in [1.82, 2.24) is 15.0 Å². The highest BCUT2D eigenvalue weighted by Gasteiger charge is 2.09. The van der Waals surface area contributed by atoms with E-state index in [4.69, 9.17) is 11.6 Å². The maximum atomic E-state index is 5.87. The van der Waals surface area contributed by atoms with E-state index in [-0.39, 0.29) is 0 Å². The van der Waals surface area contributed by atoms with E-state index >= 15 is 0 Å². The van der Waals surface area contributed by atoms with Gasteiger partial charge in [-0.1, -0.05) is 11.6 Å². The molecule has 12 heavy (non-hydrogen) atoms. The Balaban J connectivity index is 2.97. The number of halogens is 2. The molecule has 0 fully saturated rings. The van der Waals surface area contributed by atoms with Crippen molar-refractivity contribution in [2.75, 3.05) is 0 Å². The van der Waals surface area contributed by atoms with Crippen molar-refractivity contribution in [1.29, 1.82) is 0 Å². The first-order chi connectivity index (χ1) is 5.70. The third-order valence-corrected chi connectivity index (χ3v) is 2.93. The fraction of sp³-hybridized carbons (Fsp3) is 0.143. The molecule has 0 aliphatic rings. The first-order valence-corrected chi connectivity index (χ1v) is 4.51. The van der Waals surface area contributed by atoms with Gasteiger partial charge in [-0.15, -0.1) is 0 Å². The van der Waals surface area contributed by atoms with Gasteiger partial charge in [-0.2, -0.15) is 0 Å². The van der Waals surface area contributed by atoms with E-state index in [0.717, 1.165) is 21.2 Å². The minimum Gasteiger partial charge on any atom is -0.342 e. The Bertz CT molecular complexity index is 437. The minimum absolute atomic E-state index is 0.469. The first-order valence-electron chi connectivity index (χ1n) is 3.34. The van der Waals surface area contributed by atoms with E-state index in [1.165, 1.54) is 6.33 Å². The van der Waals surface area contributed by atoms with Gasteiger partial charge in [0, 0.05) is 5.69 Å². The molecule has 0 spiro atoms. The Labute approximate surface area is 82.3 Å². The second kappa shape index (κ2) is 2.71. The van der Waals surface area contributed by atoms with Crippen molar-refractivity contribution in [3.8, 4) is 0 Å². The molecule has 0 aromatic carbocycles. The number of aromatic nitrogens is 3. The van der Waals surface area contributed by atoms with Crippen molar-refractivity contribution in [2.24, 2.45) is 0 Å². The van der Waals surface area contributed by atoms with Crippen molar-refractivity contribution in [3.63, 3.8) is 0 Å². The van der Waals surface area contributed by atoms with Gasteiger partial charge in [0.1, 0.15) is 17.1 Å². The van der Waals surface area contributed by atoms with Crippen LogP contribution < -0.4 is 0 Å². The molecule has 0 unspecified atom stereocenters. The number of nitrogens with one attached hydrogen (secondary N) is 1. The Morgan fingerprint density at radius 2 is 2.25 bits per heavy atom. The van der Waals surface area contributed by atoms with Gasteiger partial charge in [0.05, 0.1) is 9.86 Å². The topological polar surface area (TPSA) is 41.6 Å². The Morgan fingerprint density at radius 3 is 2.92 bits per heavy atom. The zero-order chi connectivity index (χ0) is 8.72. The minimum atomic E-state index is 0.469. The van der Waals surface area contributed by atoms with Crippen LogP contribution in [0.3, 0.4) is 0 Å². The fourth-order valence-electron chi connectivity index (χ4n) is 1.07. The molecule has 1 N–H and O–H groups in total. The highest BCUT2D eigenvalue weighted by atomic mass is 79.9. The van der Waals surface area contributed by atoms with Gasteiger partial charge in [-0.05, 0) is 22.9 Å². The molecule has 62 valence electrons. The van der Waals surface area contributed by atoms with Crippen LogP contribution in [0.5, 0.6) is 0 Å². The van der Waals surface area contributed by atoms with Crippen LogP contribution in [0, 0.1) is 6.92 Å². The molecule has 0 amide bonds. The molecule has 0 radical (unpaired) electrons. The lowest BCUT2D eigenvalue weighted by Gasteiger charge is -1.90. The first kappa shape index (κ1) is 8.01. The average molecular weight is 246 g/mol. The molecule has 5 heteroatoms. The molecule has 0 atom stereocenters.